The van der Waals surface area contributed by atoms with Gasteiger partial charge in [-0.2, -0.15) is 8.42 Å². The van der Waals surface area contributed by atoms with Crippen LogP contribution >= 0.6 is 0 Å². The van der Waals surface area contributed by atoms with Gasteiger partial charge in [-0.1, -0.05) is 6.08 Å². The summed E-state index contributed by atoms with van der Waals surface area (Å²) >= 11 is 0. The zero-order chi connectivity index (χ0) is 11.2. The van der Waals surface area contributed by atoms with E-state index in [-0.39, 0.29) is 6.61 Å². The van der Waals surface area contributed by atoms with Gasteiger partial charge in [0.2, 0.25) is 0 Å². The van der Waals surface area contributed by atoms with Crippen LogP contribution in [0.3, 0.4) is 0 Å². The number of unbranched alkanes of at least 4 members (excludes halogenated alkanes) is 1. The van der Waals surface area contributed by atoms with Gasteiger partial charge in [0.05, 0.1) is 6.61 Å². The quantitative estimate of drug-likeness (QED) is 0.404. The van der Waals surface area contributed by atoms with Gasteiger partial charge in [0.25, 0.3) is 10.1 Å². The second-order valence-electron chi connectivity index (χ2n) is 3.72. The van der Waals surface area contributed by atoms with Crippen molar-refractivity contribution < 1.29 is 17.7 Å². The van der Waals surface area contributed by atoms with Crippen LogP contribution in [-0.2, 0) is 14.9 Å². The Labute approximate surface area is 85.7 Å². The molecule has 0 aromatic carbocycles. The summed E-state index contributed by atoms with van der Waals surface area (Å²) in [6.07, 6.45) is 3.43. The largest absolute Gasteiger partial charge is 0.380 e. The Hall–Kier alpha value is -0.390. The van der Waals surface area contributed by atoms with E-state index < -0.39 is 14.9 Å². The molecule has 84 valence electrons. The number of hydrogen-bond acceptors (Lipinski definition) is 3. The average Bonchev–Trinajstić information content (AvgIpc) is 2.02. The van der Waals surface area contributed by atoms with Gasteiger partial charge < -0.3 is 4.74 Å². The lowest BCUT2D eigenvalue weighted by Gasteiger charge is -2.20. The summed E-state index contributed by atoms with van der Waals surface area (Å²) < 4.78 is 34.4. The van der Waals surface area contributed by atoms with E-state index in [1.54, 1.807) is 6.08 Å². The van der Waals surface area contributed by atoms with Crippen LogP contribution in [0.1, 0.15) is 26.7 Å². The van der Waals surface area contributed by atoms with Gasteiger partial charge in [-0.25, -0.2) is 0 Å². The van der Waals surface area contributed by atoms with Crippen molar-refractivity contribution in [1.29, 1.82) is 0 Å². The van der Waals surface area contributed by atoms with E-state index in [0.29, 0.717) is 6.61 Å². The molecule has 0 fully saturated rings. The zero-order valence-corrected chi connectivity index (χ0v) is 9.51. The number of ether oxygens (including phenoxy) is 1. The first-order chi connectivity index (χ1) is 6.31. The topological polar surface area (TPSA) is 63.6 Å². The predicted octanol–water partition coefficient (Wildman–Crippen LogP) is 1.64. The molecule has 0 saturated carbocycles. The molecule has 0 aromatic heterocycles. The summed E-state index contributed by atoms with van der Waals surface area (Å²) in [6, 6.07) is 0. The molecule has 5 heteroatoms. The fourth-order valence-corrected chi connectivity index (χ4v) is 0.954. The molecule has 0 aromatic rings. The monoisotopic (exact) mass is 222 g/mol. The van der Waals surface area contributed by atoms with E-state index in [0.717, 1.165) is 12.8 Å². The Balaban J connectivity index is 3.84. The van der Waals surface area contributed by atoms with E-state index in [9.17, 15) is 8.42 Å². The maximum absolute atomic E-state index is 10.8. The highest BCUT2D eigenvalue weighted by molar-refractivity contribution is 7.87. The van der Waals surface area contributed by atoms with Crippen LogP contribution < -0.4 is 0 Å². The fourth-order valence-electron chi connectivity index (χ4n) is 0.722. The summed E-state index contributed by atoms with van der Waals surface area (Å²) in [5, 5.41) is 0. The predicted molar refractivity (Wildman–Crippen MR) is 55.9 cm³/mol. The molecular formula is C9H18O4S. The summed E-state index contributed by atoms with van der Waals surface area (Å²) in [4.78, 5) is 0. The molecular weight excluding hydrogens is 204 g/mol. The Bertz CT molecular complexity index is 267. The average molecular weight is 222 g/mol. The van der Waals surface area contributed by atoms with Crippen molar-refractivity contribution in [1.82, 2.24) is 0 Å². The van der Waals surface area contributed by atoms with Gasteiger partial charge in [-0.05, 0) is 26.7 Å². The summed E-state index contributed by atoms with van der Waals surface area (Å²) in [5.74, 6) is 0. The molecule has 0 saturated heterocycles. The van der Waals surface area contributed by atoms with Crippen LogP contribution in [-0.4, -0.2) is 30.9 Å². The SMILES string of the molecule is C=CCCCOCC(C)(C)S(=O)(=O)O. The first-order valence-electron chi connectivity index (χ1n) is 4.47. The normalized spacial score (nSPS) is 12.8. The first kappa shape index (κ1) is 13.6. The van der Waals surface area contributed by atoms with Gasteiger partial charge in [0.1, 0.15) is 4.75 Å². The molecule has 14 heavy (non-hydrogen) atoms. The van der Waals surface area contributed by atoms with Crippen molar-refractivity contribution in [2.75, 3.05) is 13.2 Å². The molecule has 0 aliphatic heterocycles. The summed E-state index contributed by atoms with van der Waals surface area (Å²) in [5.41, 5.74) is 0. The maximum Gasteiger partial charge on any atom is 0.272 e. The van der Waals surface area contributed by atoms with E-state index in [2.05, 4.69) is 6.58 Å². The van der Waals surface area contributed by atoms with Crippen molar-refractivity contribution in [2.45, 2.75) is 31.4 Å². The van der Waals surface area contributed by atoms with E-state index in [4.69, 9.17) is 9.29 Å². The lowest BCUT2D eigenvalue weighted by Crippen LogP contribution is -2.36. The summed E-state index contributed by atoms with van der Waals surface area (Å²) in [7, 11) is -4.04. The third-order valence-electron chi connectivity index (χ3n) is 1.84. The standard InChI is InChI=1S/C9H18O4S/c1-4-5-6-7-13-8-9(2,3)14(10,11)12/h4H,1,5-8H2,2-3H3,(H,10,11,12). The molecule has 0 radical (unpaired) electrons. The molecule has 1 N–H and O–H groups in total. The lowest BCUT2D eigenvalue weighted by atomic mass is 10.2. The van der Waals surface area contributed by atoms with Gasteiger partial charge in [-0.15, -0.1) is 6.58 Å². The Kier molecular flexibility index (Phi) is 5.33. The summed E-state index contributed by atoms with van der Waals surface area (Å²) in [6.45, 7) is 6.89. The van der Waals surface area contributed by atoms with Crippen molar-refractivity contribution in [3.05, 3.63) is 12.7 Å². The van der Waals surface area contributed by atoms with Crippen molar-refractivity contribution >= 4 is 10.1 Å². The number of allylic oxidation sites excluding steroid dienone is 1. The van der Waals surface area contributed by atoms with Gasteiger partial charge in [0.15, 0.2) is 0 Å². The number of hydrogen-bond donors (Lipinski definition) is 1. The fraction of sp³-hybridized carbons (Fsp3) is 0.778. The third kappa shape index (κ3) is 4.74. The Morgan fingerprint density at radius 3 is 2.50 bits per heavy atom. The van der Waals surface area contributed by atoms with Crippen LogP contribution in [0.15, 0.2) is 12.7 Å². The van der Waals surface area contributed by atoms with Crippen molar-refractivity contribution in [3.63, 3.8) is 0 Å². The molecule has 0 amide bonds. The number of rotatable bonds is 7. The molecule has 0 unspecified atom stereocenters. The van der Waals surface area contributed by atoms with E-state index in [1.807, 2.05) is 0 Å². The van der Waals surface area contributed by atoms with Crippen LogP contribution in [0, 0.1) is 0 Å². The van der Waals surface area contributed by atoms with Crippen LogP contribution in [0.5, 0.6) is 0 Å². The first-order valence-corrected chi connectivity index (χ1v) is 5.91. The Morgan fingerprint density at radius 2 is 2.07 bits per heavy atom. The molecule has 0 bridgehead atoms. The van der Waals surface area contributed by atoms with Crippen LogP contribution in [0.4, 0.5) is 0 Å². The minimum atomic E-state index is -4.04. The lowest BCUT2D eigenvalue weighted by molar-refractivity contribution is 0.113. The minimum absolute atomic E-state index is 0.00295. The zero-order valence-electron chi connectivity index (χ0n) is 8.69. The Morgan fingerprint density at radius 1 is 1.50 bits per heavy atom. The van der Waals surface area contributed by atoms with Crippen LogP contribution in [0.25, 0.3) is 0 Å². The van der Waals surface area contributed by atoms with Gasteiger partial charge in [-0.3, -0.25) is 4.55 Å². The molecule has 0 aliphatic carbocycles. The second-order valence-corrected chi connectivity index (χ2v) is 5.77. The third-order valence-corrected chi connectivity index (χ3v) is 3.36. The van der Waals surface area contributed by atoms with E-state index >= 15 is 0 Å². The van der Waals surface area contributed by atoms with Crippen molar-refractivity contribution in [2.24, 2.45) is 0 Å². The second kappa shape index (κ2) is 5.48. The van der Waals surface area contributed by atoms with Gasteiger partial charge >= 0.3 is 0 Å². The maximum atomic E-state index is 10.8. The minimum Gasteiger partial charge on any atom is -0.380 e. The molecule has 0 atom stereocenters. The smallest absolute Gasteiger partial charge is 0.272 e. The molecule has 0 aliphatic rings. The highest BCUT2D eigenvalue weighted by atomic mass is 32.2. The molecule has 0 spiro atoms. The molecule has 0 rings (SSSR count). The highest BCUT2D eigenvalue weighted by Crippen LogP contribution is 2.14. The van der Waals surface area contributed by atoms with Crippen LogP contribution in [0.2, 0.25) is 0 Å². The van der Waals surface area contributed by atoms with Gasteiger partial charge in [0, 0.05) is 6.61 Å². The molecule has 0 heterocycles. The molecule has 4 nitrogen and oxygen atoms in total. The van der Waals surface area contributed by atoms with Crippen molar-refractivity contribution in [3.8, 4) is 0 Å². The highest BCUT2D eigenvalue weighted by Gasteiger charge is 2.32. The van der Waals surface area contributed by atoms with E-state index in [1.165, 1.54) is 13.8 Å².